The van der Waals surface area contributed by atoms with Crippen molar-refractivity contribution in [3.8, 4) is 0 Å². The molecular weight excluding hydrogens is 304 g/mol. The van der Waals surface area contributed by atoms with Gasteiger partial charge in [0.2, 0.25) is 0 Å². The van der Waals surface area contributed by atoms with Crippen molar-refractivity contribution in [3.63, 3.8) is 0 Å². The lowest BCUT2D eigenvalue weighted by Gasteiger charge is -2.11. The summed E-state index contributed by atoms with van der Waals surface area (Å²) in [6.07, 6.45) is 9.03. The Hall–Kier alpha value is -1.62. The van der Waals surface area contributed by atoms with E-state index >= 15 is 0 Å². The lowest BCUT2D eigenvalue weighted by Crippen LogP contribution is -2.19. The largest absolute Gasteiger partial charge is 0.370 e. The lowest BCUT2D eigenvalue weighted by atomic mass is 10.1. The molecule has 0 saturated heterocycles. The molecule has 0 saturated carbocycles. The first-order valence-electron chi connectivity index (χ1n) is 8.05. The van der Waals surface area contributed by atoms with Crippen molar-refractivity contribution in [2.45, 2.75) is 34.1 Å². The molecule has 1 unspecified atom stereocenters. The number of nitrogens with one attached hydrogen (secondary N) is 1. The first-order chi connectivity index (χ1) is 11.1. The van der Waals surface area contributed by atoms with Crippen molar-refractivity contribution in [2.24, 2.45) is 20.9 Å². The second-order valence-corrected chi connectivity index (χ2v) is 6.48. The van der Waals surface area contributed by atoms with Gasteiger partial charge in [-0.1, -0.05) is 32.9 Å². The maximum absolute atomic E-state index is 4.51. The molecule has 126 valence electrons. The van der Waals surface area contributed by atoms with Crippen molar-refractivity contribution in [2.75, 3.05) is 19.0 Å². The van der Waals surface area contributed by atoms with Crippen LogP contribution < -0.4 is 5.32 Å². The Bertz CT molecular complexity index is 541. The molecule has 1 N–H and O–H groups in total. The molecule has 0 aromatic carbocycles. The third-order valence-electron chi connectivity index (χ3n) is 3.45. The van der Waals surface area contributed by atoms with Crippen LogP contribution in [0.1, 0.15) is 34.1 Å². The topological polar surface area (TPSA) is 49.1 Å². The highest BCUT2D eigenvalue weighted by molar-refractivity contribution is 8.14. The van der Waals surface area contributed by atoms with Crippen LogP contribution in [0.3, 0.4) is 0 Å². The fraction of sp³-hybridized carbons (Fsp3) is 0.500. The summed E-state index contributed by atoms with van der Waals surface area (Å²) in [6, 6.07) is 0. The highest BCUT2D eigenvalue weighted by Crippen LogP contribution is 2.13. The summed E-state index contributed by atoms with van der Waals surface area (Å²) in [7, 11) is 0. The quantitative estimate of drug-likeness (QED) is 0.709. The second kappa shape index (κ2) is 11.0. The molecule has 1 aliphatic heterocycles. The predicted molar refractivity (Wildman–Crippen MR) is 106 cm³/mol. The van der Waals surface area contributed by atoms with E-state index in [0.29, 0.717) is 12.6 Å². The molecule has 0 spiro atoms. The zero-order valence-corrected chi connectivity index (χ0v) is 15.5. The van der Waals surface area contributed by atoms with E-state index in [0.717, 1.165) is 40.9 Å². The van der Waals surface area contributed by atoms with Crippen LogP contribution in [0.15, 0.2) is 51.2 Å². The number of hydrogen-bond acceptors (Lipinski definition) is 5. The maximum atomic E-state index is 4.51. The molecule has 4 nitrogen and oxygen atoms in total. The number of rotatable bonds is 7. The van der Waals surface area contributed by atoms with Crippen LogP contribution in [0.25, 0.3) is 0 Å². The van der Waals surface area contributed by atoms with E-state index in [1.807, 2.05) is 26.0 Å². The Labute approximate surface area is 144 Å². The molecule has 5 heteroatoms. The van der Waals surface area contributed by atoms with Crippen LogP contribution in [0, 0.1) is 5.92 Å². The zero-order chi connectivity index (χ0) is 17.1. The number of allylic oxidation sites excluding steroid dienone is 2. The fourth-order valence-corrected chi connectivity index (χ4v) is 2.43. The van der Waals surface area contributed by atoms with Crippen LogP contribution in [-0.2, 0) is 0 Å². The number of thioether (sulfide) groups is 1. The SMILES string of the molecule is C=C(C=N/C(=C\C)NCC(C)CC)C1=NCN=C(C)/C=C\CS1. The van der Waals surface area contributed by atoms with Crippen molar-refractivity contribution in [1.29, 1.82) is 0 Å². The van der Waals surface area contributed by atoms with E-state index in [1.54, 1.807) is 18.0 Å². The fourth-order valence-electron chi connectivity index (χ4n) is 1.70. The zero-order valence-electron chi connectivity index (χ0n) is 14.7. The Balaban J connectivity index is 2.65. The van der Waals surface area contributed by atoms with Crippen LogP contribution in [0.4, 0.5) is 0 Å². The normalized spacial score (nSPS) is 19.2. The van der Waals surface area contributed by atoms with Crippen molar-refractivity contribution in [1.82, 2.24) is 5.32 Å². The van der Waals surface area contributed by atoms with Gasteiger partial charge in [-0.15, -0.1) is 11.8 Å². The van der Waals surface area contributed by atoms with Crippen molar-refractivity contribution in [3.05, 3.63) is 36.2 Å². The van der Waals surface area contributed by atoms with Crippen LogP contribution in [0.5, 0.6) is 0 Å². The van der Waals surface area contributed by atoms with Crippen LogP contribution in [-0.4, -0.2) is 35.9 Å². The molecule has 0 aromatic rings. The molecule has 1 aliphatic rings. The summed E-state index contributed by atoms with van der Waals surface area (Å²) < 4.78 is 0. The summed E-state index contributed by atoms with van der Waals surface area (Å²) in [5, 5.41) is 4.26. The van der Waals surface area contributed by atoms with E-state index in [9.17, 15) is 0 Å². The van der Waals surface area contributed by atoms with Gasteiger partial charge in [0.15, 0.2) is 0 Å². The Kier molecular flexibility index (Phi) is 9.29. The highest BCUT2D eigenvalue weighted by Gasteiger charge is 2.05. The minimum absolute atomic E-state index is 0.439. The van der Waals surface area contributed by atoms with E-state index in [1.165, 1.54) is 0 Å². The summed E-state index contributed by atoms with van der Waals surface area (Å²) in [6.45, 7) is 13.8. The number of aliphatic imine (C=N–C) groups is 3. The Morgan fingerprint density at radius 3 is 3.00 bits per heavy atom. The average Bonchev–Trinajstić information content (AvgIpc) is 2.66. The molecule has 1 atom stereocenters. The summed E-state index contributed by atoms with van der Waals surface area (Å²) in [5.74, 6) is 2.36. The average molecular weight is 333 g/mol. The predicted octanol–water partition coefficient (Wildman–Crippen LogP) is 4.23. The summed E-state index contributed by atoms with van der Waals surface area (Å²) in [4.78, 5) is 13.4. The molecular formula is C18H28N4S. The number of nitrogens with zero attached hydrogens (tertiary/aromatic N) is 3. The molecule has 0 radical (unpaired) electrons. The van der Waals surface area contributed by atoms with Crippen molar-refractivity contribution >= 4 is 28.7 Å². The van der Waals surface area contributed by atoms with E-state index in [-0.39, 0.29) is 0 Å². The van der Waals surface area contributed by atoms with E-state index in [2.05, 4.69) is 46.8 Å². The second-order valence-electron chi connectivity index (χ2n) is 5.47. The number of hydrogen-bond donors (Lipinski definition) is 1. The highest BCUT2D eigenvalue weighted by atomic mass is 32.2. The molecule has 0 bridgehead atoms. The maximum Gasteiger partial charge on any atom is 0.130 e. The molecule has 23 heavy (non-hydrogen) atoms. The van der Waals surface area contributed by atoms with Gasteiger partial charge in [0.25, 0.3) is 0 Å². The van der Waals surface area contributed by atoms with E-state index in [4.69, 9.17) is 0 Å². The Morgan fingerprint density at radius 1 is 1.52 bits per heavy atom. The van der Waals surface area contributed by atoms with Gasteiger partial charge in [-0.3, -0.25) is 9.98 Å². The van der Waals surface area contributed by atoms with Crippen molar-refractivity contribution < 1.29 is 0 Å². The standard InChI is InChI=1S/C18H28N4S/c1-6-14(3)11-19-17(7-2)20-12-15(4)18-22-13-21-16(5)9-8-10-23-18/h7-9,12,14,19H,4,6,10-11,13H2,1-3,5H3/b9-8-,17-7-,20-12?,21-16?,22-18?. The van der Waals surface area contributed by atoms with Gasteiger partial charge in [-0.05, 0) is 31.9 Å². The molecule has 1 heterocycles. The molecule has 0 fully saturated rings. The first-order valence-corrected chi connectivity index (χ1v) is 9.03. The lowest BCUT2D eigenvalue weighted by molar-refractivity contribution is 0.528. The van der Waals surface area contributed by atoms with Crippen LogP contribution >= 0.6 is 11.8 Å². The molecule has 0 aromatic heterocycles. The minimum Gasteiger partial charge on any atom is -0.370 e. The van der Waals surface area contributed by atoms with Gasteiger partial charge in [-0.25, -0.2) is 4.99 Å². The minimum atomic E-state index is 0.439. The van der Waals surface area contributed by atoms with Gasteiger partial charge in [0.1, 0.15) is 17.5 Å². The third kappa shape index (κ3) is 7.98. The van der Waals surface area contributed by atoms with Gasteiger partial charge < -0.3 is 5.32 Å². The van der Waals surface area contributed by atoms with Crippen LogP contribution in [0.2, 0.25) is 0 Å². The van der Waals surface area contributed by atoms with Gasteiger partial charge in [0, 0.05) is 29.8 Å². The summed E-state index contributed by atoms with van der Waals surface area (Å²) >= 11 is 1.66. The van der Waals surface area contributed by atoms with E-state index < -0.39 is 0 Å². The summed E-state index contributed by atoms with van der Waals surface area (Å²) in [5.41, 5.74) is 1.82. The molecule has 0 amide bonds. The molecule has 0 aliphatic carbocycles. The van der Waals surface area contributed by atoms with Gasteiger partial charge >= 0.3 is 0 Å². The third-order valence-corrected chi connectivity index (χ3v) is 4.47. The monoisotopic (exact) mass is 332 g/mol. The first kappa shape index (κ1) is 19.4. The van der Waals surface area contributed by atoms with Gasteiger partial charge in [-0.2, -0.15) is 0 Å². The molecule has 1 rings (SSSR count). The smallest absolute Gasteiger partial charge is 0.130 e. The van der Waals surface area contributed by atoms with Gasteiger partial charge in [0.05, 0.1) is 0 Å². The Morgan fingerprint density at radius 2 is 2.30 bits per heavy atom.